The summed E-state index contributed by atoms with van der Waals surface area (Å²) in [6.45, 7) is 9.77. The molecule has 0 saturated heterocycles. The summed E-state index contributed by atoms with van der Waals surface area (Å²) >= 11 is 0. The molecule has 0 aliphatic carbocycles. The second kappa shape index (κ2) is 10.8. The first-order valence-electron chi connectivity index (χ1n) is 8.30. The van der Waals surface area contributed by atoms with E-state index in [0.717, 1.165) is 36.0 Å². The summed E-state index contributed by atoms with van der Waals surface area (Å²) in [5.41, 5.74) is 1.02. The lowest BCUT2D eigenvalue weighted by molar-refractivity contribution is 0.359. The highest BCUT2D eigenvalue weighted by Crippen LogP contribution is 2.18. The Bertz CT molecular complexity index is 678. The number of hydrogen-bond donors (Lipinski definition) is 2. The van der Waals surface area contributed by atoms with E-state index in [1.54, 1.807) is 18.4 Å². The number of nitrogens with one attached hydrogen (secondary N) is 2. The normalized spacial score (nSPS) is 11.0. The molecule has 0 atom stereocenters. The van der Waals surface area contributed by atoms with Crippen LogP contribution in [0.2, 0.25) is 0 Å². The van der Waals surface area contributed by atoms with Gasteiger partial charge in [0.15, 0.2) is 5.96 Å². The van der Waals surface area contributed by atoms with Crippen LogP contribution in [0, 0.1) is 0 Å². The number of furan rings is 1. The van der Waals surface area contributed by atoms with Crippen LogP contribution in [-0.2, 0) is 13.0 Å². The highest BCUT2D eigenvalue weighted by molar-refractivity contribution is 5.79. The highest BCUT2D eigenvalue weighted by atomic mass is 16.5. The first-order chi connectivity index (χ1) is 12.3. The summed E-state index contributed by atoms with van der Waals surface area (Å²) in [7, 11) is 0. The molecule has 0 fully saturated rings. The number of benzene rings is 1. The van der Waals surface area contributed by atoms with Gasteiger partial charge < -0.3 is 19.8 Å². The largest absolute Gasteiger partial charge is 0.489 e. The zero-order valence-corrected chi connectivity index (χ0v) is 14.4. The summed E-state index contributed by atoms with van der Waals surface area (Å²) < 4.78 is 11.0. The molecule has 0 aliphatic rings. The molecule has 1 aromatic heterocycles. The Morgan fingerprint density at radius 2 is 2.00 bits per heavy atom. The lowest BCUT2D eigenvalue weighted by Crippen LogP contribution is -2.38. The zero-order chi connectivity index (χ0) is 17.7. The lowest BCUT2D eigenvalue weighted by Gasteiger charge is -2.12. The van der Waals surface area contributed by atoms with Crippen LogP contribution in [0.1, 0.15) is 11.3 Å². The predicted octanol–water partition coefficient (Wildman–Crippen LogP) is 3.31. The number of rotatable bonds is 10. The van der Waals surface area contributed by atoms with Gasteiger partial charge in [-0.2, -0.15) is 0 Å². The summed E-state index contributed by atoms with van der Waals surface area (Å²) in [5, 5.41) is 6.52. The third-order valence-corrected chi connectivity index (χ3v) is 3.39. The Labute approximate surface area is 149 Å². The summed E-state index contributed by atoms with van der Waals surface area (Å²) in [6, 6.07) is 11.7. The van der Waals surface area contributed by atoms with Crippen LogP contribution >= 0.6 is 0 Å². The number of aliphatic imine (C=N–C) groups is 1. The second-order valence-corrected chi connectivity index (χ2v) is 5.30. The minimum atomic E-state index is 0.476. The van der Waals surface area contributed by atoms with Crippen LogP contribution < -0.4 is 15.4 Å². The fraction of sp³-hybridized carbons (Fsp3) is 0.250. The second-order valence-electron chi connectivity index (χ2n) is 5.30. The molecule has 132 valence electrons. The van der Waals surface area contributed by atoms with Gasteiger partial charge >= 0.3 is 0 Å². The summed E-state index contributed by atoms with van der Waals surface area (Å²) in [6.07, 6.45) is 6.00. The van der Waals surface area contributed by atoms with Gasteiger partial charge in [-0.1, -0.05) is 36.9 Å². The highest BCUT2D eigenvalue weighted by Gasteiger charge is 2.04. The molecule has 0 radical (unpaired) electrons. The Hall–Kier alpha value is -2.95. The zero-order valence-electron chi connectivity index (χ0n) is 14.4. The predicted molar refractivity (Wildman–Crippen MR) is 102 cm³/mol. The standard InChI is InChI=1S/C20H25N3O2/c1-3-12-21-20(22-13-11-18-9-7-15-24-18)23-16-17-8-5-6-10-19(17)25-14-4-2/h3-10,15H,1-2,11-14,16H2,(H2,21,22,23). The summed E-state index contributed by atoms with van der Waals surface area (Å²) in [5.74, 6) is 2.49. The minimum Gasteiger partial charge on any atom is -0.489 e. The average molecular weight is 339 g/mol. The molecule has 2 aromatic rings. The van der Waals surface area contributed by atoms with Gasteiger partial charge in [-0.25, -0.2) is 4.99 Å². The maximum Gasteiger partial charge on any atom is 0.191 e. The van der Waals surface area contributed by atoms with Crippen LogP contribution in [-0.4, -0.2) is 25.7 Å². The molecule has 5 heteroatoms. The van der Waals surface area contributed by atoms with Crippen molar-refractivity contribution < 1.29 is 9.15 Å². The van der Waals surface area contributed by atoms with Crippen molar-refractivity contribution in [1.29, 1.82) is 0 Å². The Balaban J connectivity index is 1.96. The SMILES string of the molecule is C=CCNC(=NCc1ccccc1OCC=C)NCCc1ccco1. The van der Waals surface area contributed by atoms with Crippen LogP contribution in [0.15, 0.2) is 77.4 Å². The number of ether oxygens (including phenoxy) is 1. The number of para-hydroxylation sites is 1. The number of guanidine groups is 1. The third-order valence-electron chi connectivity index (χ3n) is 3.39. The lowest BCUT2D eigenvalue weighted by atomic mass is 10.2. The average Bonchev–Trinajstić information content (AvgIpc) is 3.16. The first-order valence-corrected chi connectivity index (χ1v) is 8.30. The van der Waals surface area contributed by atoms with Crippen molar-refractivity contribution in [2.24, 2.45) is 4.99 Å². The number of hydrogen-bond acceptors (Lipinski definition) is 3. The van der Waals surface area contributed by atoms with E-state index in [0.29, 0.717) is 19.7 Å². The van der Waals surface area contributed by atoms with Crippen molar-refractivity contribution in [2.75, 3.05) is 19.7 Å². The van der Waals surface area contributed by atoms with Crippen molar-refractivity contribution in [3.63, 3.8) is 0 Å². The molecule has 2 rings (SSSR count). The van der Waals surface area contributed by atoms with Gasteiger partial charge in [0, 0.05) is 25.1 Å². The first kappa shape index (κ1) is 18.4. The van der Waals surface area contributed by atoms with E-state index in [1.165, 1.54) is 0 Å². The molecular weight excluding hydrogens is 314 g/mol. The van der Waals surface area contributed by atoms with E-state index in [1.807, 2.05) is 36.4 Å². The quantitative estimate of drug-likeness (QED) is 0.396. The Kier molecular flexibility index (Phi) is 7.91. The molecule has 0 spiro atoms. The minimum absolute atomic E-state index is 0.476. The van der Waals surface area contributed by atoms with E-state index >= 15 is 0 Å². The van der Waals surface area contributed by atoms with E-state index in [2.05, 4.69) is 28.8 Å². The van der Waals surface area contributed by atoms with Gasteiger partial charge in [0.1, 0.15) is 18.1 Å². The summed E-state index contributed by atoms with van der Waals surface area (Å²) in [4.78, 5) is 4.63. The molecule has 0 saturated carbocycles. The van der Waals surface area contributed by atoms with Crippen LogP contribution in [0.25, 0.3) is 0 Å². The van der Waals surface area contributed by atoms with Crippen molar-refractivity contribution in [2.45, 2.75) is 13.0 Å². The van der Waals surface area contributed by atoms with Gasteiger partial charge in [0.25, 0.3) is 0 Å². The van der Waals surface area contributed by atoms with Gasteiger partial charge in [-0.05, 0) is 18.2 Å². The van der Waals surface area contributed by atoms with Gasteiger partial charge in [-0.15, -0.1) is 6.58 Å². The molecule has 0 bridgehead atoms. The fourth-order valence-electron chi connectivity index (χ4n) is 2.19. The third kappa shape index (κ3) is 6.59. The van der Waals surface area contributed by atoms with E-state index in [4.69, 9.17) is 9.15 Å². The molecule has 1 heterocycles. The van der Waals surface area contributed by atoms with Crippen LogP contribution in [0.3, 0.4) is 0 Å². The number of nitrogens with zero attached hydrogens (tertiary/aromatic N) is 1. The van der Waals surface area contributed by atoms with E-state index in [9.17, 15) is 0 Å². The molecule has 25 heavy (non-hydrogen) atoms. The molecule has 1 aromatic carbocycles. The van der Waals surface area contributed by atoms with Gasteiger partial charge in [-0.3, -0.25) is 0 Å². The van der Waals surface area contributed by atoms with Gasteiger partial charge in [0.2, 0.25) is 0 Å². The topological polar surface area (TPSA) is 58.8 Å². The van der Waals surface area contributed by atoms with Crippen LogP contribution in [0.5, 0.6) is 5.75 Å². The molecular formula is C20H25N3O2. The molecule has 0 unspecified atom stereocenters. The molecule has 0 aliphatic heterocycles. The fourth-order valence-corrected chi connectivity index (χ4v) is 2.19. The van der Waals surface area contributed by atoms with Gasteiger partial charge in [0.05, 0.1) is 12.8 Å². The van der Waals surface area contributed by atoms with Crippen molar-refractivity contribution >= 4 is 5.96 Å². The van der Waals surface area contributed by atoms with Crippen LogP contribution in [0.4, 0.5) is 0 Å². The Morgan fingerprint density at radius 1 is 1.12 bits per heavy atom. The Morgan fingerprint density at radius 3 is 2.76 bits per heavy atom. The van der Waals surface area contributed by atoms with E-state index in [-0.39, 0.29) is 0 Å². The molecule has 5 nitrogen and oxygen atoms in total. The van der Waals surface area contributed by atoms with E-state index < -0.39 is 0 Å². The molecule has 0 amide bonds. The van der Waals surface area contributed by atoms with Crippen molar-refractivity contribution in [3.8, 4) is 5.75 Å². The maximum atomic E-state index is 5.67. The van der Waals surface area contributed by atoms with Crippen molar-refractivity contribution in [3.05, 3.63) is 79.3 Å². The smallest absolute Gasteiger partial charge is 0.191 e. The van der Waals surface area contributed by atoms with Crippen molar-refractivity contribution in [1.82, 2.24) is 10.6 Å². The molecule has 2 N–H and O–H groups in total. The maximum absolute atomic E-state index is 5.67. The monoisotopic (exact) mass is 339 g/mol.